The number of nitrogens with zero attached hydrogens (tertiary/aromatic N) is 3. The maximum atomic E-state index is 12.9. The average molecular weight is 362 g/mol. The molecule has 138 valence electrons. The van der Waals surface area contributed by atoms with Crippen LogP contribution in [0.3, 0.4) is 0 Å². The third-order valence-electron chi connectivity index (χ3n) is 4.17. The molecule has 0 radical (unpaired) electrons. The molecule has 0 spiro atoms. The van der Waals surface area contributed by atoms with Gasteiger partial charge in [-0.15, -0.1) is 0 Å². The van der Waals surface area contributed by atoms with Gasteiger partial charge in [0.1, 0.15) is 23.6 Å². The molecule has 27 heavy (non-hydrogen) atoms. The van der Waals surface area contributed by atoms with Crippen molar-refractivity contribution in [1.29, 1.82) is 0 Å². The molecule has 6 heteroatoms. The molecule has 0 aliphatic carbocycles. The highest BCUT2D eigenvalue weighted by Gasteiger charge is 2.18. The SMILES string of the molecule is CCN(C(=O)c1cc(NCc2ccccc2OC)ncn1)c1ccccc1. The topological polar surface area (TPSA) is 67.4 Å². The predicted molar refractivity (Wildman–Crippen MR) is 106 cm³/mol. The zero-order chi connectivity index (χ0) is 19.1. The van der Waals surface area contributed by atoms with Crippen LogP contribution in [0.25, 0.3) is 0 Å². The molecule has 0 saturated carbocycles. The highest BCUT2D eigenvalue weighted by molar-refractivity contribution is 6.05. The van der Waals surface area contributed by atoms with Gasteiger partial charge in [-0.05, 0) is 25.1 Å². The van der Waals surface area contributed by atoms with E-state index in [1.165, 1.54) is 6.33 Å². The Hall–Kier alpha value is -3.41. The summed E-state index contributed by atoms with van der Waals surface area (Å²) in [5.74, 6) is 1.23. The van der Waals surface area contributed by atoms with Crippen LogP contribution < -0.4 is 15.0 Å². The highest BCUT2D eigenvalue weighted by atomic mass is 16.5. The monoisotopic (exact) mass is 362 g/mol. The Morgan fingerprint density at radius 3 is 2.56 bits per heavy atom. The van der Waals surface area contributed by atoms with Gasteiger partial charge >= 0.3 is 0 Å². The van der Waals surface area contributed by atoms with Crippen molar-refractivity contribution < 1.29 is 9.53 Å². The van der Waals surface area contributed by atoms with Gasteiger partial charge in [-0.2, -0.15) is 0 Å². The van der Waals surface area contributed by atoms with Crippen LogP contribution in [-0.4, -0.2) is 29.5 Å². The molecular weight excluding hydrogens is 340 g/mol. The lowest BCUT2D eigenvalue weighted by Gasteiger charge is -2.20. The Bertz CT molecular complexity index is 899. The van der Waals surface area contributed by atoms with Crippen LogP contribution in [0.5, 0.6) is 5.75 Å². The lowest BCUT2D eigenvalue weighted by atomic mass is 10.2. The van der Waals surface area contributed by atoms with Crippen molar-refractivity contribution in [3.05, 3.63) is 78.2 Å². The van der Waals surface area contributed by atoms with Gasteiger partial charge in [0.2, 0.25) is 0 Å². The van der Waals surface area contributed by atoms with E-state index in [9.17, 15) is 4.79 Å². The van der Waals surface area contributed by atoms with Crippen molar-refractivity contribution in [1.82, 2.24) is 9.97 Å². The van der Waals surface area contributed by atoms with Crippen molar-refractivity contribution in [3.63, 3.8) is 0 Å². The van der Waals surface area contributed by atoms with Crippen LogP contribution in [0.4, 0.5) is 11.5 Å². The van der Waals surface area contributed by atoms with Gasteiger partial charge in [-0.3, -0.25) is 4.79 Å². The summed E-state index contributed by atoms with van der Waals surface area (Å²) in [6.45, 7) is 3.02. The number of hydrogen-bond donors (Lipinski definition) is 1. The minimum absolute atomic E-state index is 0.161. The summed E-state index contributed by atoms with van der Waals surface area (Å²) in [4.78, 5) is 22.9. The summed E-state index contributed by atoms with van der Waals surface area (Å²) in [5, 5.41) is 3.23. The van der Waals surface area contributed by atoms with E-state index in [4.69, 9.17) is 4.74 Å². The molecule has 1 N–H and O–H groups in total. The van der Waals surface area contributed by atoms with Gasteiger partial charge in [0, 0.05) is 30.4 Å². The summed E-state index contributed by atoms with van der Waals surface area (Å²) in [6.07, 6.45) is 1.40. The highest BCUT2D eigenvalue weighted by Crippen LogP contribution is 2.19. The fourth-order valence-corrected chi connectivity index (χ4v) is 2.80. The molecule has 0 aliphatic rings. The van der Waals surface area contributed by atoms with E-state index in [2.05, 4.69) is 15.3 Å². The second kappa shape index (κ2) is 8.80. The number of anilines is 2. The number of hydrogen-bond acceptors (Lipinski definition) is 5. The number of rotatable bonds is 7. The van der Waals surface area contributed by atoms with Crippen molar-refractivity contribution in [2.24, 2.45) is 0 Å². The molecule has 2 aromatic carbocycles. The fraction of sp³-hybridized carbons (Fsp3) is 0.190. The second-order valence-corrected chi connectivity index (χ2v) is 5.84. The molecule has 1 amide bonds. The largest absolute Gasteiger partial charge is 0.496 e. The first-order valence-corrected chi connectivity index (χ1v) is 8.77. The molecule has 3 aromatic rings. The van der Waals surface area contributed by atoms with Crippen LogP contribution in [0, 0.1) is 0 Å². The zero-order valence-corrected chi connectivity index (χ0v) is 15.4. The van der Waals surface area contributed by atoms with E-state index >= 15 is 0 Å². The first kappa shape index (κ1) is 18.4. The molecule has 0 bridgehead atoms. The van der Waals surface area contributed by atoms with Crippen molar-refractivity contribution in [2.75, 3.05) is 23.9 Å². The summed E-state index contributed by atoms with van der Waals surface area (Å²) in [7, 11) is 1.64. The number of para-hydroxylation sites is 2. The van der Waals surface area contributed by atoms with Crippen LogP contribution >= 0.6 is 0 Å². The van der Waals surface area contributed by atoms with E-state index < -0.39 is 0 Å². The summed E-state index contributed by atoms with van der Waals surface area (Å²) in [6, 6.07) is 19.0. The predicted octanol–water partition coefficient (Wildman–Crippen LogP) is 3.76. The molecule has 0 saturated heterocycles. The minimum Gasteiger partial charge on any atom is -0.496 e. The summed E-state index contributed by atoms with van der Waals surface area (Å²) >= 11 is 0. The van der Waals surface area contributed by atoms with E-state index in [1.54, 1.807) is 18.1 Å². The number of nitrogens with one attached hydrogen (secondary N) is 1. The maximum absolute atomic E-state index is 12.9. The van der Waals surface area contributed by atoms with E-state index in [-0.39, 0.29) is 5.91 Å². The van der Waals surface area contributed by atoms with Gasteiger partial charge in [0.05, 0.1) is 7.11 Å². The Kier molecular flexibility index (Phi) is 5.99. The summed E-state index contributed by atoms with van der Waals surface area (Å²) in [5.41, 5.74) is 2.19. The van der Waals surface area contributed by atoms with Gasteiger partial charge < -0.3 is 15.0 Å². The van der Waals surface area contributed by atoms with Crippen LogP contribution in [0.2, 0.25) is 0 Å². The van der Waals surface area contributed by atoms with Crippen molar-refractivity contribution in [2.45, 2.75) is 13.5 Å². The number of methoxy groups -OCH3 is 1. The molecule has 0 fully saturated rings. The van der Waals surface area contributed by atoms with E-state index in [1.807, 2.05) is 61.5 Å². The van der Waals surface area contributed by atoms with Crippen molar-refractivity contribution in [3.8, 4) is 5.75 Å². The van der Waals surface area contributed by atoms with Gasteiger partial charge in [0.15, 0.2) is 0 Å². The van der Waals surface area contributed by atoms with Gasteiger partial charge in [-0.25, -0.2) is 9.97 Å². The summed E-state index contributed by atoms with van der Waals surface area (Å²) < 4.78 is 5.36. The Morgan fingerprint density at radius 2 is 1.81 bits per heavy atom. The average Bonchev–Trinajstić information content (AvgIpc) is 2.74. The quantitative estimate of drug-likeness (QED) is 0.693. The maximum Gasteiger partial charge on any atom is 0.277 e. The lowest BCUT2D eigenvalue weighted by Crippen LogP contribution is -2.31. The minimum atomic E-state index is -0.161. The molecule has 0 aliphatic heterocycles. The van der Waals surface area contributed by atoms with Crippen LogP contribution in [-0.2, 0) is 6.54 Å². The number of carbonyl (C=O) groups excluding carboxylic acids is 1. The zero-order valence-electron chi connectivity index (χ0n) is 15.4. The fourth-order valence-electron chi connectivity index (χ4n) is 2.80. The second-order valence-electron chi connectivity index (χ2n) is 5.84. The van der Waals surface area contributed by atoms with E-state index in [0.29, 0.717) is 24.6 Å². The normalized spacial score (nSPS) is 10.3. The van der Waals surface area contributed by atoms with Crippen LogP contribution in [0.15, 0.2) is 67.0 Å². The number of ether oxygens (including phenoxy) is 1. The van der Waals surface area contributed by atoms with Gasteiger partial charge in [0.25, 0.3) is 5.91 Å². The Balaban J connectivity index is 1.76. The van der Waals surface area contributed by atoms with Crippen LogP contribution in [0.1, 0.15) is 23.0 Å². The number of amides is 1. The third-order valence-corrected chi connectivity index (χ3v) is 4.17. The Morgan fingerprint density at radius 1 is 1.07 bits per heavy atom. The number of carbonyl (C=O) groups is 1. The molecule has 3 rings (SSSR count). The molecule has 6 nitrogen and oxygen atoms in total. The standard InChI is InChI=1S/C21H22N4O2/c1-3-25(17-10-5-4-6-11-17)21(26)18-13-20(24-15-23-18)22-14-16-9-7-8-12-19(16)27-2/h4-13,15H,3,14H2,1-2H3,(H,22,23,24). The third kappa shape index (κ3) is 4.41. The molecular formula is C21H22N4O2. The van der Waals surface area contributed by atoms with E-state index in [0.717, 1.165) is 17.0 Å². The molecule has 1 aromatic heterocycles. The number of aromatic nitrogens is 2. The molecule has 0 atom stereocenters. The smallest absolute Gasteiger partial charge is 0.277 e. The molecule has 0 unspecified atom stereocenters. The lowest BCUT2D eigenvalue weighted by molar-refractivity contribution is 0.0983. The Labute approximate surface area is 158 Å². The number of benzene rings is 2. The van der Waals surface area contributed by atoms with Crippen molar-refractivity contribution >= 4 is 17.4 Å². The molecule has 1 heterocycles. The first-order chi connectivity index (χ1) is 13.2. The first-order valence-electron chi connectivity index (χ1n) is 8.77. The van der Waals surface area contributed by atoms with Gasteiger partial charge in [-0.1, -0.05) is 36.4 Å².